The molecule has 2 aliphatic heterocycles. The lowest BCUT2D eigenvalue weighted by molar-refractivity contribution is 0.0599. The van der Waals surface area contributed by atoms with Crippen molar-refractivity contribution >= 4 is 27.6 Å². The van der Waals surface area contributed by atoms with E-state index >= 15 is 0 Å². The fraction of sp³-hybridized carbons (Fsp3) is 0.457. The molecule has 2 saturated heterocycles. The van der Waals surface area contributed by atoms with Gasteiger partial charge in [-0.15, -0.1) is 0 Å². The first-order valence-electron chi connectivity index (χ1n) is 15.4. The van der Waals surface area contributed by atoms with Crippen molar-refractivity contribution in [3.8, 4) is 5.75 Å². The smallest absolute Gasteiger partial charge is 0.270 e. The van der Waals surface area contributed by atoms with E-state index in [1.54, 1.807) is 0 Å². The highest BCUT2D eigenvalue weighted by Crippen LogP contribution is 2.32. The summed E-state index contributed by atoms with van der Waals surface area (Å²) in [6.45, 7) is 9.58. The lowest BCUT2D eigenvalue weighted by atomic mass is 9.88. The zero-order valence-corrected chi connectivity index (χ0v) is 24.5. The molecule has 0 spiro atoms. The Morgan fingerprint density at radius 1 is 0.902 bits per heavy atom. The van der Waals surface area contributed by atoms with Crippen molar-refractivity contribution in [1.82, 2.24) is 14.4 Å². The van der Waals surface area contributed by atoms with E-state index in [-0.39, 0.29) is 12.5 Å². The maximum absolute atomic E-state index is 13.4. The molecule has 0 radical (unpaired) electrons. The zero-order chi connectivity index (χ0) is 28.3. The van der Waals surface area contributed by atoms with Crippen LogP contribution in [0.3, 0.4) is 0 Å². The number of aliphatic hydroxyl groups excluding tert-OH is 1. The molecule has 41 heavy (non-hydrogen) atoms. The predicted molar refractivity (Wildman–Crippen MR) is 166 cm³/mol. The van der Waals surface area contributed by atoms with E-state index in [1.165, 1.54) is 16.3 Å². The van der Waals surface area contributed by atoms with Crippen LogP contribution in [0.1, 0.15) is 61.5 Å². The number of carbonyl (C=O) groups excluding carboxylic acids is 1. The van der Waals surface area contributed by atoms with Gasteiger partial charge in [-0.25, -0.2) is 0 Å². The van der Waals surface area contributed by atoms with Crippen molar-refractivity contribution in [3.05, 3.63) is 78.0 Å². The van der Waals surface area contributed by atoms with Crippen LogP contribution in [0.2, 0.25) is 0 Å². The topological polar surface area (TPSA) is 57.9 Å². The summed E-state index contributed by atoms with van der Waals surface area (Å²) in [6.07, 6.45) is 3.77. The molecule has 6 nitrogen and oxygen atoms in total. The predicted octanol–water partition coefficient (Wildman–Crippen LogP) is 6.31. The Morgan fingerprint density at radius 2 is 1.66 bits per heavy atom. The lowest BCUT2D eigenvalue weighted by Gasteiger charge is -2.33. The van der Waals surface area contributed by atoms with E-state index in [0.717, 1.165) is 80.8 Å². The highest BCUT2D eigenvalue weighted by molar-refractivity contribution is 6.00. The monoisotopic (exact) mass is 553 g/mol. The Kier molecular flexibility index (Phi) is 8.31. The molecule has 3 heterocycles. The first-order valence-corrected chi connectivity index (χ1v) is 15.4. The van der Waals surface area contributed by atoms with Crippen LogP contribution in [0.15, 0.2) is 66.7 Å². The van der Waals surface area contributed by atoms with Gasteiger partial charge in [-0.1, -0.05) is 62.4 Å². The van der Waals surface area contributed by atoms with Crippen molar-refractivity contribution in [2.75, 3.05) is 39.3 Å². The SMILES string of the molecule is CC(C)Cn1c(C(=O)N2CCCC2)cc2c(OCC(O)CN3CCC(c4ccc5ccccc5c4)CC3)cccc21. The van der Waals surface area contributed by atoms with E-state index in [0.29, 0.717) is 18.4 Å². The van der Waals surface area contributed by atoms with E-state index in [9.17, 15) is 9.90 Å². The number of fused-ring (bicyclic) bond motifs is 2. The third-order valence-corrected chi connectivity index (χ3v) is 8.80. The van der Waals surface area contributed by atoms with Gasteiger partial charge >= 0.3 is 0 Å². The molecular formula is C35H43N3O3. The molecule has 0 bridgehead atoms. The number of benzene rings is 3. The fourth-order valence-electron chi connectivity index (χ4n) is 6.65. The standard InChI is InChI=1S/C35H43N3O3/c1-25(2)22-38-32-10-7-11-34(31(32)21-33(38)35(40)37-16-5-6-17-37)41-24-30(39)23-36-18-14-27(15-19-36)29-13-12-26-8-3-4-9-28(26)20-29/h3-4,7-13,20-21,25,27,30,39H,5-6,14-19,22-24H2,1-2H3. The van der Waals surface area contributed by atoms with Gasteiger partial charge in [0.25, 0.3) is 5.91 Å². The number of aliphatic hydroxyl groups is 1. The minimum Gasteiger partial charge on any atom is -0.490 e. The van der Waals surface area contributed by atoms with E-state index < -0.39 is 6.10 Å². The van der Waals surface area contributed by atoms with Crippen LogP contribution in [-0.4, -0.2) is 70.8 Å². The molecule has 0 saturated carbocycles. The molecule has 3 aromatic carbocycles. The van der Waals surface area contributed by atoms with E-state index in [2.05, 4.69) is 71.8 Å². The van der Waals surface area contributed by atoms with Crippen LogP contribution in [0.5, 0.6) is 5.75 Å². The van der Waals surface area contributed by atoms with Gasteiger partial charge in [0.15, 0.2) is 0 Å². The zero-order valence-electron chi connectivity index (χ0n) is 24.5. The minimum absolute atomic E-state index is 0.109. The molecular weight excluding hydrogens is 510 g/mol. The number of hydrogen-bond acceptors (Lipinski definition) is 4. The van der Waals surface area contributed by atoms with Crippen molar-refractivity contribution in [3.63, 3.8) is 0 Å². The summed E-state index contributed by atoms with van der Waals surface area (Å²) in [7, 11) is 0. The van der Waals surface area contributed by atoms with Gasteiger partial charge in [-0.2, -0.15) is 0 Å². The van der Waals surface area contributed by atoms with Crippen molar-refractivity contribution in [2.24, 2.45) is 5.92 Å². The molecule has 1 atom stereocenters. The van der Waals surface area contributed by atoms with E-state index in [4.69, 9.17) is 4.74 Å². The summed E-state index contributed by atoms with van der Waals surface area (Å²) < 4.78 is 8.37. The average Bonchev–Trinajstić information content (AvgIpc) is 3.65. The molecule has 4 aromatic rings. The third kappa shape index (κ3) is 6.14. The quantitative estimate of drug-likeness (QED) is 0.264. The maximum atomic E-state index is 13.4. The molecule has 2 fully saturated rings. The van der Waals surface area contributed by atoms with Crippen LogP contribution in [0, 0.1) is 5.92 Å². The molecule has 2 aliphatic rings. The van der Waals surface area contributed by atoms with Gasteiger partial charge in [0.2, 0.25) is 0 Å². The molecule has 6 heteroatoms. The second-order valence-electron chi connectivity index (χ2n) is 12.4. The second-order valence-corrected chi connectivity index (χ2v) is 12.4. The fourth-order valence-corrected chi connectivity index (χ4v) is 6.65. The van der Waals surface area contributed by atoms with Gasteiger partial charge in [-0.3, -0.25) is 4.79 Å². The van der Waals surface area contributed by atoms with Crippen LogP contribution in [-0.2, 0) is 6.54 Å². The van der Waals surface area contributed by atoms with Crippen molar-refractivity contribution in [1.29, 1.82) is 0 Å². The third-order valence-electron chi connectivity index (χ3n) is 8.80. The maximum Gasteiger partial charge on any atom is 0.270 e. The summed E-state index contributed by atoms with van der Waals surface area (Å²) in [5, 5.41) is 14.5. The molecule has 1 N–H and O–H groups in total. The number of nitrogens with zero attached hydrogens (tertiary/aromatic N) is 3. The van der Waals surface area contributed by atoms with Crippen LogP contribution >= 0.6 is 0 Å². The molecule has 0 aliphatic carbocycles. The Bertz CT molecular complexity index is 1500. The Hall–Kier alpha value is -3.35. The normalized spacial score (nSPS) is 17.6. The van der Waals surface area contributed by atoms with Crippen LogP contribution in [0.4, 0.5) is 0 Å². The molecule has 6 rings (SSSR count). The summed E-state index contributed by atoms with van der Waals surface area (Å²) in [6, 6.07) is 23.4. The molecule has 1 unspecified atom stereocenters. The Balaban J connectivity index is 1.08. The first-order chi connectivity index (χ1) is 20.0. The number of rotatable bonds is 9. The lowest BCUT2D eigenvalue weighted by Crippen LogP contribution is -2.40. The summed E-state index contributed by atoms with van der Waals surface area (Å²) in [5.74, 6) is 1.81. The largest absolute Gasteiger partial charge is 0.490 e. The number of amides is 1. The number of hydrogen-bond donors (Lipinski definition) is 1. The number of carbonyl (C=O) groups is 1. The molecule has 1 amide bonds. The summed E-state index contributed by atoms with van der Waals surface area (Å²) in [5.41, 5.74) is 3.18. The number of ether oxygens (including phenoxy) is 1. The molecule has 1 aromatic heterocycles. The Labute approximate surface area is 243 Å². The van der Waals surface area contributed by atoms with Crippen LogP contribution < -0.4 is 4.74 Å². The van der Waals surface area contributed by atoms with Gasteiger partial charge < -0.3 is 24.2 Å². The van der Waals surface area contributed by atoms with Crippen molar-refractivity contribution < 1.29 is 14.6 Å². The van der Waals surface area contributed by atoms with Gasteiger partial charge in [-0.05, 0) is 85.1 Å². The highest BCUT2D eigenvalue weighted by Gasteiger charge is 2.26. The van der Waals surface area contributed by atoms with Crippen molar-refractivity contribution in [2.45, 2.75) is 58.1 Å². The number of aromatic nitrogens is 1. The Morgan fingerprint density at radius 3 is 2.41 bits per heavy atom. The van der Waals surface area contributed by atoms with E-state index in [1.807, 2.05) is 23.1 Å². The second kappa shape index (κ2) is 12.3. The highest BCUT2D eigenvalue weighted by atomic mass is 16.5. The summed E-state index contributed by atoms with van der Waals surface area (Å²) >= 11 is 0. The number of piperidine rings is 1. The van der Waals surface area contributed by atoms with Gasteiger partial charge in [0, 0.05) is 31.6 Å². The summed E-state index contributed by atoms with van der Waals surface area (Å²) in [4.78, 5) is 17.7. The van der Waals surface area contributed by atoms with Gasteiger partial charge in [0.1, 0.15) is 24.2 Å². The molecule has 216 valence electrons. The number of likely N-dealkylation sites (tertiary alicyclic amines) is 2. The first kappa shape index (κ1) is 27.8. The van der Waals surface area contributed by atoms with Crippen LogP contribution in [0.25, 0.3) is 21.7 Å². The van der Waals surface area contributed by atoms with Gasteiger partial charge in [0.05, 0.1) is 5.52 Å². The minimum atomic E-state index is -0.578. The number of β-amino-alcohol motifs (C(OH)–C–C–N with tert-alkyl or cyclic N) is 1. The average molecular weight is 554 g/mol.